The Labute approximate surface area is 124 Å². The predicted octanol–water partition coefficient (Wildman–Crippen LogP) is 4.36. The average molecular weight is 296 g/mol. The van der Waals surface area contributed by atoms with Crippen molar-refractivity contribution in [1.29, 1.82) is 0 Å². The Kier molecular flexibility index (Phi) is 4.09. The lowest BCUT2D eigenvalue weighted by molar-refractivity contribution is -0.147. The third-order valence-corrected chi connectivity index (χ3v) is 4.81. The van der Waals surface area contributed by atoms with E-state index < -0.39 is 18.4 Å². The molecule has 1 aliphatic carbocycles. The maximum absolute atomic E-state index is 14.0. The number of ether oxygens (including phenoxy) is 1. The monoisotopic (exact) mass is 296 g/mol. The molecule has 1 aromatic rings. The largest absolute Gasteiger partial charge is 0.483 e. The second-order valence-corrected chi connectivity index (χ2v) is 6.06. The highest BCUT2D eigenvalue weighted by atomic mass is 19.3. The fraction of sp³-hybridized carbons (Fsp3) is 0.588. The Morgan fingerprint density at radius 1 is 0.952 bits per heavy atom. The van der Waals surface area contributed by atoms with Crippen molar-refractivity contribution in [1.82, 2.24) is 0 Å². The number of rotatable bonds is 2. The third-order valence-electron chi connectivity index (χ3n) is 4.81. The second kappa shape index (κ2) is 5.39. The van der Waals surface area contributed by atoms with Gasteiger partial charge in [-0.25, -0.2) is 8.78 Å². The van der Waals surface area contributed by atoms with E-state index in [1.165, 1.54) is 0 Å². The molecular weight excluding hydrogens is 274 g/mol. The molecule has 0 saturated heterocycles. The lowest BCUT2D eigenvalue weighted by atomic mass is 9.91. The van der Waals surface area contributed by atoms with Crippen LogP contribution in [0.1, 0.15) is 47.1 Å². The Morgan fingerprint density at radius 3 is 1.95 bits per heavy atom. The number of carbonyl (C=O) groups is 1. The molecule has 0 aliphatic heterocycles. The van der Waals surface area contributed by atoms with Crippen LogP contribution in [0.2, 0.25) is 0 Å². The van der Waals surface area contributed by atoms with E-state index in [0.29, 0.717) is 5.75 Å². The van der Waals surface area contributed by atoms with Gasteiger partial charge in [0.1, 0.15) is 11.5 Å². The highest BCUT2D eigenvalue weighted by Gasteiger charge is 2.46. The van der Waals surface area contributed by atoms with E-state index in [-0.39, 0.29) is 18.6 Å². The van der Waals surface area contributed by atoms with Crippen LogP contribution in [-0.4, -0.2) is 17.8 Å². The molecular formula is C17H22F2O2. The van der Waals surface area contributed by atoms with Crippen molar-refractivity contribution in [2.24, 2.45) is 0 Å². The molecule has 0 aromatic heterocycles. The number of Topliss-reactive ketones (excluding diaryl/α,β-unsaturated/α-hetero) is 1. The number of hydrogen-bond donors (Lipinski definition) is 0. The topological polar surface area (TPSA) is 26.3 Å². The molecule has 1 unspecified atom stereocenters. The summed E-state index contributed by atoms with van der Waals surface area (Å²) in [5.41, 5.74) is 5.02. The SMILES string of the molecule is Cc1c(C)c(C)c(OC2CC(=O)CCC2(F)F)c(C)c1C. The van der Waals surface area contributed by atoms with Gasteiger partial charge in [0, 0.05) is 19.3 Å². The fourth-order valence-corrected chi connectivity index (χ4v) is 2.84. The fourth-order valence-electron chi connectivity index (χ4n) is 2.84. The van der Waals surface area contributed by atoms with Crippen LogP contribution in [0, 0.1) is 34.6 Å². The predicted molar refractivity (Wildman–Crippen MR) is 78.3 cm³/mol. The van der Waals surface area contributed by atoms with Crippen LogP contribution in [0.5, 0.6) is 5.75 Å². The zero-order chi connectivity index (χ0) is 15.9. The Balaban J connectivity index is 2.42. The summed E-state index contributed by atoms with van der Waals surface area (Å²) in [5, 5.41) is 0. The molecule has 21 heavy (non-hydrogen) atoms. The molecule has 0 amide bonds. The number of benzene rings is 1. The minimum absolute atomic E-state index is 0.0588. The van der Waals surface area contributed by atoms with Crippen LogP contribution in [0.15, 0.2) is 0 Å². The minimum atomic E-state index is -2.94. The Bertz CT molecular complexity index is 562. The first-order valence-electron chi connectivity index (χ1n) is 7.28. The first kappa shape index (κ1) is 15.9. The smallest absolute Gasteiger partial charge is 0.285 e. The summed E-state index contributed by atoms with van der Waals surface area (Å²) in [6.45, 7) is 9.72. The van der Waals surface area contributed by atoms with Crippen LogP contribution in [-0.2, 0) is 4.79 Å². The van der Waals surface area contributed by atoms with Gasteiger partial charge in [-0.15, -0.1) is 0 Å². The molecule has 1 aromatic carbocycles. The van der Waals surface area contributed by atoms with Crippen LogP contribution in [0.25, 0.3) is 0 Å². The third kappa shape index (κ3) is 2.81. The molecule has 116 valence electrons. The number of halogens is 2. The van der Waals surface area contributed by atoms with Gasteiger partial charge in [-0.1, -0.05) is 0 Å². The van der Waals surface area contributed by atoms with E-state index in [4.69, 9.17) is 4.74 Å². The summed E-state index contributed by atoms with van der Waals surface area (Å²) in [4.78, 5) is 11.5. The molecule has 1 saturated carbocycles. The summed E-state index contributed by atoms with van der Waals surface area (Å²) >= 11 is 0. The van der Waals surface area contributed by atoms with E-state index in [9.17, 15) is 13.6 Å². The Morgan fingerprint density at radius 2 is 1.43 bits per heavy atom. The first-order chi connectivity index (χ1) is 9.65. The van der Waals surface area contributed by atoms with E-state index in [1.807, 2.05) is 34.6 Å². The van der Waals surface area contributed by atoms with E-state index >= 15 is 0 Å². The zero-order valence-electron chi connectivity index (χ0n) is 13.3. The number of alkyl halides is 2. The molecule has 0 bridgehead atoms. The first-order valence-corrected chi connectivity index (χ1v) is 7.28. The molecule has 1 atom stereocenters. The van der Waals surface area contributed by atoms with Crippen LogP contribution in [0.4, 0.5) is 8.78 Å². The zero-order valence-corrected chi connectivity index (χ0v) is 13.3. The normalized spacial score (nSPS) is 21.5. The Hall–Kier alpha value is -1.45. The summed E-state index contributed by atoms with van der Waals surface area (Å²) in [7, 11) is 0. The van der Waals surface area contributed by atoms with Crippen LogP contribution in [0.3, 0.4) is 0 Å². The van der Waals surface area contributed by atoms with Gasteiger partial charge in [0.25, 0.3) is 5.92 Å². The van der Waals surface area contributed by atoms with Gasteiger partial charge in [-0.3, -0.25) is 4.79 Å². The highest BCUT2D eigenvalue weighted by Crippen LogP contribution is 2.38. The summed E-state index contributed by atoms with van der Waals surface area (Å²) < 4.78 is 33.6. The second-order valence-electron chi connectivity index (χ2n) is 6.06. The standard InChI is InChI=1S/C17H22F2O2/c1-9-10(2)12(4)16(13(5)11(9)3)21-15-8-14(20)6-7-17(15,18)19/h15H,6-8H2,1-5H3. The van der Waals surface area contributed by atoms with Crippen molar-refractivity contribution in [2.75, 3.05) is 0 Å². The quantitative estimate of drug-likeness (QED) is 0.810. The summed E-state index contributed by atoms with van der Waals surface area (Å²) in [6, 6.07) is 0. The van der Waals surface area contributed by atoms with Gasteiger partial charge in [0.15, 0.2) is 6.10 Å². The number of carbonyl (C=O) groups excluding carboxylic acids is 1. The van der Waals surface area contributed by atoms with Crippen molar-refractivity contribution in [3.05, 3.63) is 27.8 Å². The molecule has 0 heterocycles. The highest BCUT2D eigenvalue weighted by molar-refractivity contribution is 5.80. The molecule has 1 fully saturated rings. The van der Waals surface area contributed by atoms with Gasteiger partial charge in [0.05, 0.1) is 0 Å². The number of ketones is 1. The summed E-state index contributed by atoms with van der Waals surface area (Å²) in [6.07, 6.45) is -2.04. The molecule has 0 radical (unpaired) electrons. The van der Waals surface area contributed by atoms with Crippen molar-refractivity contribution >= 4 is 5.78 Å². The lowest BCUT2D eigenvalue weighted by Gasteiger charge is -2.32. The van der Waals surface area contributed by atoms with Gasteiger partial charge < -0.3 is 4.74 Å². The number of hydrogen-bond acceptors (Lipinski definition) is 2. The molecule has 0 N–H and O–H groups in total. The van der Waals surface area contributed by atoms with Crippen molar-refractivity contribution < 1.29 is 18.3 Å². The molecule has 1 aliphatic rings. The molecule has 2 nitrogen and oxygen atoms in total. The van der Waals surface area contributed by atoms with Crippen molar-refractivity contribution in [3.8, 4) is 5.75 Å². The van der Waals surface area contributed by atoms with Gasteiger partial charge in [-0.05, 0) is 62.4 Å². The van der Waals surface area contributed by atoms with Gasteiger partial charge in [-0.2, -0.15) is 0 Å². The van der Waals surface area contributed by atoms with Gasteiger partial charge in [0.2, 0.25) is 0 Å². The molecule has 0 spiro atoms. The molecule has 2 rings (SSSR count). The van der Waals surface area contributed by atoms with E-state index in [1.54, 1.807) is 0 Å². The van der Waals surface area contributed by atoms with Crippen molar-refractivity contribution in [2.45, 2.75) is 65.9 Å². The van der Waals surface area contributed by atoms with Crippen LogP contribution < -0.4 is 4.74 Å². The summed E-state index contributed by atoms with van der Waals surface area (Å²) in [5.74, 6) is -2.59. The average Bonchev–Trinajstić information content (AvgIpc) is 2.43. The van der Waals surface area contributed by atoms with E-state index in [2.05, 4.69) is 0 Å². The maximum atomic E-state index is 14.0. The van der Waals surface area contributed by atoms with E-state index in [0.717, 1.165) is 27.8 Å². The van der Waals surface area contributed by atoms with Gasteiger partial charge >= 0.3 is 0 Å². The maximum Gasteiger partial charge on any atom is 0.285 e. The molecule has 4 heteroatoms. The lowest BCUT2D eigenvalue weighted by Crippen LogP contribution is -2.44. The van der Waals surface area contributed by atoms with Crippen LogP contribution >= 0.6 is 0 Å². The van der Waals surface area contributed by atoms with Crippen molar-refractivity contribution in [3.63, 3.8) is 0 Å². The minimum Gasteiger partial charge on any atom is -0.483 e.